The maximum absolute atomic E-state index is 12.8. The summed E-state index contributed by atoms with van der Waals surface area (Å²) in [6, 6.07) is 10.2. The number of carbonyl (C=O) groups is 1. The van der Waals surface area contributed by atoms with Gasteiger partial charge in [-0.3, -0.25) is 10.2 Å². The number of fused-ring (bicyclic) bond motifs is 1. The topological polar surface area (TPSA) is 82.0 Å². The van der Waals surface area contributed by atoms with Crippen molar-refractivity contribution < 1.29 is 22.4 Å². The molecule has 3 heterocycles. The van der Waals surface area contributed by atoms with E-state index in [0.29, 0.717) is 21.4 Å². The van der Waals surface area contributed by atoms with Crippen LogP contribution >= 0.6 is 35.8 Å². The monoisotopic (exact) mass is 460 g/mol. The highest BCUT2D eigenvalue weighted by Crippen LogP contribution is 2.35. The first kappa shape index (κ1) is 21.2. The molecule has 0 atom stereocenters. The van der Waals surface area contributed by atoms with E-state index in [2.05, 4.69) is 10.1 Å². The van der Waals surface area contributed by atoms with Crippen molar-refractivity contribution in [2.24, 2.45) is 10.1 Å². The zero-order chi connectivity index (χ0) is 20.1. The molecule has 1 aromatic heterocycles. The molecule has 0 bridgehead atoms. The van der Waals surface area contributed by atoms with Crippen LogP contribution < -0.4 is 0 Å². The minimum absolute atomic E-state index is 0. The Balaban J connectivity index is 0.00000240. The van der Waals surface area contributed by atoms with Crippen molar-refractivity contribution in [2.45, 2.75) is 6.18 Å². The van der Waals surface area contributed by atoms with Gasteiger partial charge >= 0.3 is 6.18 Å². The number of furan rings is 1. The Morgan fingerprint density at radius 2 is 1.93 bits per heavy atom. The molecule has 0 saturated carbocycles. The Labute approximate surface area is 177 Å². The predicted octanol–water partition coefficient (Wildman–Crippen LogP) is 5.20. The Bertz CT molecular complexity index is 1110. The lowest BCUT2D eigenvalue weighted by Gasteiger charge is -2.19. The molecule has 6 nitrogen and oxygen atoms in total. The van der Waals surface area contributed by atoms with Gasteiger partial charge in [0.25, 0.3) is 5.91 Å². The molecule has 29 heavy (non-hydrogen) atoms. The number of hydrogen-bond acceptors (Lipinski definition) is 5. The Hall–Kier alpha value is -2.56. The first-order valence-electron chi connectivity index (χ1n) is 7.66. The zero-order valence-corrected chi connectivity index (χ0v) is 16.4. The molecule has 2 aliphatic heterocycles. The fourth-order valence-corrected chi connectivity index (χ4v) is 3.47. The molecular formula is C17H9Cl2F3N4O2S. The number of amidine groups is 2. The number of halogens is 5. The zero-order valence-electron chi connectivity index (χ0n) is 14.0. The first-order valence-corrected chi connectivity index (χ1v) is 8.85. The van der Waals surface area contributed by atoms with Gasteiger partial charge in [0.05, 0.1) is 10.6 Å². The molecule has 0 radical (unpaired) electrons. The molecule has 1 aromatic carbocycles. The molecule has 150 valence electrons. The van der Waals surface area contributed by atoms with Gasteiger partial charge in [0.15, 0.2) is 5.84 Å². The standard InChI is InChI=1S/C17H8ClF3N4O2S.ClH/c18-11-4-2-1-3-9(11)12-6-5-8(27-12)7-10-13(22)25-16(23-14(10)26)28-15(24-25)17(19,20)21;/h1-7,22H;1H. The highest BCUT2D eigenvalue weighted by Gasteiger charge is 2.46. The number of thioether (sulfide) groups is 1. The summed E-state index contributed by atoms with van der Waals surface area (Å²) in [5.41, 5.74) is 0.395. The third kappa shape index (κ3) is 3.96. The first-order chi connectivity index (χ1) is 13.2. The normalized spacial score (nSPS) is 17.8. The summed E-state index contributed by atoms with van der Waals surface area (Å²) >= 11 is 6.31. The third-order valence-corrected chi connectivity index (χ3v) is 5.03. The molecule has 0 fully saturated rings. The van der Waals surface area contributed by atoms with E-state index < -0.39 is 23.0 Å². The largest absolute Gasteiger partial charge is 0.457 e. The Morgan fingerprint density at radius 1 is 1.21 bits per heavy atom. The van der Waals surface area contributed by atoms with E-state index in [1.165, 1.54) is 6.08 Å². The number of amides is 1. The molecule has 0 spiro atoms. The summed E-state index contributed by atoms with van der Waals surface area (Å²) in [7, 11) is 0. The van der Waals surface area contributed by atoms with E-state index in [-0.39, 0.29) is 40.7 Å². The number of hydrazone groups is 1. The van der Waals surface area contributed by atoms with Crippen LogP contribution in [0, 0.1) is 5.41 Å². The number of rotatable bonds is 2. The summed E-state index contributed by atoms with van der Waals surface area (Å²) in [5, 5.41) is 11.0. The van der Waals surface area contributed by atoms with Gasteiger partial charge in [-0.05, 0) is 42.1 Å². The van der Waals surface area contributed by atoms with Crippen LogP contribution in [0.5, 0.6) is 0 Å². The Kier molecular flexibility index (Phi) is 5.61. The van der Waals surface area contributed by atoms with Crippen LogP contribution in [-0.4, -0.2) is 33.1 Å². The molecule has 1 N–H and O–H groups in total. The number of carbonyl (C=O) groups excluding carboxylic acids is 1. The lowest BCUT2D eigenvalue weighted by Crippen LogP contribution is -2.35. The van der Waals surface area contributed by atoms with Crippen molar-refractivity contribution in [2.75, 3.05) is 0 Å². The van der Waals surface area contributed by atoms with Crippen LogP contribution in [0.3, 0.4) is 0 Å². The molecule has 1 amide bonds. The summed E-state index contributed by atoms with van der Waals surface area (Å²) in [6.07, 6.45) is -3.46. The second-order valence-electron chi connectivity index (χ2n) is 5.60. The van der Waals surface area contributed by atoms with Crippen LogP contribution in [0.4, 0.5) is 13.2 Å². The fraction of sp³-hybridized carbons (Fsp3) is 0.0588. The van der Waals surface area contributed by atoms with Crippen LogP contribution in [0.25, 0.3) is 17.4 Å². The van der Waals surface area contributed by atoms with Gasteiger partial charge in [-0.1, -0.05) is 23.7 Å². The minimum atomic E-state index is -4.69. The highest BCUT2D eigenvalue weighted by molar-refractivity contribution is 8.27. The third-order valence-electron chi connectivity index (χ3n) is 3.75. The molecule has 2 aromatic rings. The number of nitrogens with zero attached hydrogens (tertiary/aromatic N) is 3. The van der Waals surface area contributed by atoms with Crippen LogP contribution in [0.15, 0.2) is 56.5 Å². The molecule has 0 aliphatic carbocycles. The van der Waals surface area contributed by atoms with Gasteiger partial charge in [-0.15, -0.1) is 12.4 Å². The SMILES string of the molecule is Cl.N=C1C(=Cc2ccc(-c3ccccc3Cl)o2)C(=O)N=C2SC(C(F)(F)F)=NN12. The van der Waals surface area contributed by atoms with Gasteiger partial charge in [0, 0.05) is 5.56 Å². The maximum Gasteiger partial charge on any atom is 0.441 e. The molecule has 0 unspecified atom stereocenters. The smallest absolute Gasteiger partial charge is 0.441 e. The number of alkyl halides is 3. The summed E-state index contributed by atoms with van der Waals surface area (Å²) < 4.78 is 44.1. The average Bonchev–Trinajstić information content (AvgIpc) is 3.26. The van der Waals surface area contributed by atoms with E-state index in [1.807, 2.05) is 0 Å². The average molecular weight is 461 g/mol. The number of benzene rings is 1. The highest BCUT2D eigenvalue weighted by atomic mass is 35.5. The Morgan fingerprint density at radius 3 is 2.62 bits per heavy atom. The van der Waals surface area contributed by atoms with Crippen molar-refractivity contribution in [3.8, 4) is 11.3 Å². The molecular weight excluding hydrogens is 452 g/mol. The molecule has 0 saturated heterocycles. The second-order valence-corrected chi connectivity index (χ2v) is 6.97. The van der Waals surface area contributed by atoms with Crippen molar-refractivity contribution >= 4 is 63.8 Å². The quantitative estimate of drug-likeness (QED) is 0.624. The van der Waals surface area contributed by atoms with E-state index >= 15 is 0 Å². The van der Waals surface area contributed by atoms with Gasteiger partial charge in [-0.2, -0.15) is 28.3 Å². The summed E-state index contributed by atoms with van der Waals surface area (Å²) in [5.74, 6) is -0.713. The van der Waals surface area contributed by atoms with Crippen molar-refractivity contribution in [1.29, 1.82) is 5.41 Å². The van der Waals surface area contributed by atoms with Crippen LogP contribution in [0.2, 0.25) is 5.02 Å². The predicted molar refractivity (Wildman–Crippen MR) is 107 cm³/mol. The van der Waals surface area contributed by atoms with Gasteiger partial charge in [0.1, 0.15) is 11.5 Å². The van der Waals surface area contributed by atoms with Gasteiger partial charge < -0.3 is 4.42 Å². The summed E-state index contributed by atoms with van der Waals surface area (Å²) in [6.45, 7) is 0. The van der Waals surface area contributed by atoms with E-state index in [0.717, 1.165) is 0 Å². The van der Waals surface area contributed by atoms with Crippen LogP contribution in [0.1, 0.15) is 5.76 Å². The number of nitrogens with one attached hydrogen (secondary N) is 1. The van der Waals surface area contributed by atoms with Gasteiger partial charge in [0.2, 0.25) is 10.2 Å². The van der Waals surface area contributed by atoms with E-state index in [4.69, 9.17) is 21.4 Å². The van der Waals surface area contributed by atoms with E-state index in [1.54, 1.807) is 36.4 Å². The maximum atomic E-state index is 12.8. The van der Waals surface area contributed by atoms with Gasteiger partial charge in [-0.25, -0.2) is 0 Å². The van der Waals surface area contributed by atoms with Crippen molar-refractivity contribution in [3.63, 3.8) is 0 Å². The van der Waals surface area contributed by atoms with Crippen LogP contribution in [-0.2, 0) is 4.79 Å². The molecule has 4 rings (SSSR count). The molecule has 12 heteroatoms. The lowest BCUT2D eigenvalue weighted by molar-refractivity contribution is -0.114. The second kappa shape index (κ2) is 7.69. The van der Waals surface area contributed by atoms with Crippen molar-refractivity contribution in [3.05, 3.63) is 52.8 Å². The minimum Gasteiger partial charge on any atom is -0.457 e. The van der Waals surface area contributed by atoms with Crippen molar-refractivity contribution in [1.82, 2.24) is 5.01 Å². The van der Waals surface area contributed by atoms with E-state index in [9.17, 15) is 18.0 Å². The lowest BCUT2D eigenvalue weighted by atomic mass is 10.1. The fourth-order valence-electron chi connectivity index (χ4n) is 2.49. The molecule has 2 aliphatic rings. The number of hydrogen-bond donors (Lipinski definition) is 1. The number of aliphatic imine (C=N–C) groups is 1. The summed E-state index contributed by atoms with van der Waals surface area (Å²) in [4.78, 5) is 15.8.